The highest BCUT2D eigenvalue weighted by molar-refractivity contribution is 8.01. The molecule has 2 unspecified atom stereocenters. The molecule has 6 nitrogen and oxygen atoms in total. The van der Waals surface area contributed by atoms with E-state index in [-0.39, 0.29) is 6.54 Å². The van der Waals surface area contributed by atoms with Crippen molar-refractivity contribution in [1.82, 2.24) is 9.62 Å². The molecule has 2 atom stereocenters. The zero-order valence-corrected chi connectivity index (χ0v) is 13.2. The summed E-state index contributed by atoms with van der Waals surface area (Å²) >= 11 is 1.47. The van der Waals surface area contributed by atoms with E-state index in [4.69, 9.17) is 0 Å². The normalized spacial score (nSPS) is 24.9. The minimum absolute atomic E-state index is 0.263. The molecule has 0 spiro atoms. The van der Waals surface area contributed by atoms with Crippen molar-refractivity contribution in [1.29, 1.82) is 0 Å². The number of rotatable bonds is 5. The lowest BCUT2D eigenvalue weighted by Crippen LogP contribution is -2.53. The van der Waals surface area contributed by atoms with Crippen LogP contribution in [0.5, 0.6) is 0 Å². The van der Waals surface area contributed by atoms with Crippen LogP contribution in [0.25, 0.3) is 0 Å². The van der Waals surface area contributed by atoms with E-state index in [0.717, 1.165) is 10.6 Å². The topological polar surface area (TPSA) is 83.6 Å². The maximum Gasteiger partial charge on any atom is 0.219 e. The van der Waals surface area contributed by atoms with Gasteiger partial charge in [-0.2, -0.15) is 16.1 Å². The first kappa shape index (κ1) is 16.2. The second kappa shape index (κ2) is 6.08. The van der Waals surface area contributed by atoms with E-state index in [1.54, 1.807) is 14.0 Å². The van der Waals surface area contributed by atoms with Crippen molar-refractivity contribution in [2.24, 2.45) is 0 Å². The summed E-state index contributed by atoms with van der Waals surface area (Å²) in [7, 11) is -5.31. The highest BCUT2D eigenvalue weighted by Gasteiger charge is 2.40. The van der Waals surface area contributed by atoms with Crippen molar-refractivity contribution in [3.05, 3.63) is 0 Å². The number of sulfonamides is 1. The Kier molecular flexibility index (Phi) is 5.48. The molecule has 0 amide bonds. The number of sulfone groups is 1. The van der Waals surface area contributed by atoms with E-state index in [2.05, 4.69) is 5.32 Å². The second-order valence-electron chi connectivity index (χ2n) is 4.38. The van der Waals surface area contributed by atoms with Crippen LogP contribution >= 0.6 is 11.8 Å². The molecule has 0 bridgehead atoms. The van der Waals surface area contributed by atoms with Gasteiger partial charge in [0, 0.05) is 30.9 Å². The standard InChI is InChI=1S/C9H20N2O4S3/c1-8(6-10-2)18(14,15)11-4-5-16-7-9(11)17(3,12)13/h8-10H,4-7H2,1-3H3. The molecule has 1 heterocycles. The number of nitrogens with zero attached hydrogens (tertiary/aromatic N) is 1. The summed E-state index contributed by atoms with van der Waals surface area (Å²) in [5.41, 5.74) is 0. The van der Waals surface area contributed by atoms with E-state index in [1.165, 1.54) is 11.8 Å². The Morgan fingerprint density at radius 3 is 2.50 bits per heavy atom. The van der Waals surface area contributed by atoms with E-state index < -0.39 is 30.5 Å². The minimum atomic E-state index is -3.58. The minimum Gasteiger partial charge on any atom is -0.318 e. The van der Waals surface area contributed by atoms with E-state index >= 15 is 0 Å². The van der Waals surface area contributed by atoms with Crippen LogP contribution in [0.1, 0.15) is 6.92 Å². The van der Waals surface area contributed by atoms with Crippen LogP contribution in [0.15, 0.2) is 0 Å². The van der Waals surface area contributed by atoms with Crippen molar-refractivity contribution in [2.45, 2.75) is 17.5 Å². The maximum absolute atomic E-state index is 12.3. The zero-order chi connectivity index (χ0) is 14.0. The summed E-state index contributed by atoms with van der Waals surface area (Å²) < 4.78 is 49.2. The lowest BCUT2D eigenvalue weighted by Gasteiger charge is -2.34. The largest absolute Gasteiger partial charge is 0.318 e. The Morgan fingerprint density at radius 1 is 1.39 bits per heavy atom. The van der Waals surface area contributed by atoms with Crippen LogP contribution in [-0.4, -0.2) is 69.7 Å². The van der Waals surface area contributed by atoms with Gasteiger partial charge in [0.05, 0.1) is 5.25 Å². The highest BCUT2D eigenvalue weighted by Crippen LogP contribution is 2.25. The first-order chi connectivity index (χ1) is 8.21. The molecule has 0 radical (unpaired) electrons. The summed E-state index contributed by atoms with van der Waals surface area (Å²) in [5.74, 6) is 0.946. The smallest absolute Gasteiger partial charge is 0.219 e. The number of hydrogen-bond acceptors (Lipinski definition) is 6. The third kappa shape index (κ3) is 3.60. The quantitative estimate of drug-likeness (QED) is 0.725. The molecule has 0 aromatic heterocycles. The van der Waals surface area contributed by atoms with Gasteiger partial charge in [-0.25, -0.2) is 16.8 Å². The van der Waals surface area contributed by atoms with Gasteiger partial charge in [-0.3, -0.25) is 0 Å². The van der Waals surface area contributed by atoms with Crippen LogP contribution < -0.4 is 5.32 Å². The van der Waals surface area contributed by atoms with Gasteiger partial charge in [0.2, 0.25) is 10.0 Å². The Morgan fingerprint density at radius 2 is 2.00 bits per heavy atom. The molecule has 108 valence electrons. The Labute approximate surface area is 113 Å². The zero-order valence-electron chi connectivity index (χ0n) is 10.8. The molecular weight excluding hydrogens is 296 g/mol. The molecule has 0 aromatic carbocycles. The van der Waals surface area contributed by atoms with Crippen molar-refractivity contribution in [3.8, 4) is 0 Å². The van der Waals surface area contributed by atoms with Crippen LogP contribution in [0.2, 0.25) is 0 Å². The molecule has 1 rings (SSSR count). The van der Waals surface area contributed by atoms with E-state index in [0.29, 0.717) is 18.1 Å². The van der Waals surface area contributed by atoms with Gasteiger partial charge in [0.25, 0.3) is 0 Å². The predicted molar refractivity (Wildman–Crippen MR) is 75.0 cm³/mol. The van der Waals surface area contributed by atoms with Crippen LogP contribution in [0.3, 0.4) is 0 Å². The first-order valence-corrected chi connectivity index (χ1v) is 10.2. The summed E-state index contributed by atoms with van der Waals surface area (Å²) in [4.78, 5) is 0. The molecule has 9 heteroatoms. The van der Waals surface area contributed by atoms with Crippen LogP contribution in [0, 0.1) is 0 Å². The summed E-state index contributed by atoms with van der Waals surface area (Å²) in [6.07, 6.45) is 1.09. The van der Waals surface area contributed by atoms with Crippen LogP contribution in [0.4, 0.5) is 0 Å². The fourth-order valence-electron chi connectivity index (χ4n) is 1.82. The van der Waals surface area contributed by atoms with Gasteiger partial charge in [-0.15, -0.1) is 0 Å². The Hall–Kier alpha value is 0.170. The Bertz CT molecular complexity index is 474. The average molecular weight is 316 g/mol. The fraction of sp³-hybridized carbons (Fsp3) is 1.00. The van der Waals surface area contributed by atoms with Gasteiger partial charge in [0.1, 0.15) is 5.37 Å². The molecule has 1 aliphatic rings. The second-order valence-corrected chi connectivity index (χ2v) is 10.0. The number of hydrogen-bond donors (Lipinski definition) is 1. The van der Waals surface area contributed by atoms with Gasteiger partial charge in [-0.1, -0.05) is 0 Å². The molecule has 0 saturated carbocycles. The first-order valence-electron chi connectivity index (χ1n) is 5.63. The van der Waals surface area contributed by atoms with Crippen molar-refractivity contribution in [3.63, 3.8) is 0 Å². The van der Waals surface area contributed by atoms with Crippen molar-refractivity contribution in [2.75, 3.05) is 37.9 Å². The molecule has 0 aromatic rings. The molecule has 18 heavy (non-hydrogen) atoms. The van der Waals surface area contributed by atoms with Gasteiger partial charge in [0.15, 0.2) is 9.84 Å². The van der Waals surface area contributed by atoms with Crippen LogP contribution in [-0.2, 0) is 19.9 Å². The predicted octanol–water partition coefficient (Wildman–Crippen LogP) is -0.656. The Balaban J connectivity index is 3.04. The molecule has 0 aliphatic carbocycles. The fourth-order valence-corrected chi connectivity index (χ4v) is 7.13. The molecule has 1 aliphatic heterocycles. The maximum atomic E-state index is 12.3. The molecular formula is C9H20N2O4S3. The molecule has 1 saturated heterocycles. The lowest BCUT2D eigenvalue weighted by molar-refractivity contribution is 0.398. The lowest BCUT2D eigenvalue weighted by atomic mass is 10.5. The molecule has 1 N–H and O–H groups in total. The highest BCUT2D eigenvalue weighted by atomic mass is 32.2. The van der Waals surface area contributed by atoms with Gasteiger partial charge < -0.3 is 5.32 Å². The van der Waals surface area contributed by atoms with Gasteiger partial charge >= 0.3 is 0 Å². The van der Waals surface area contributed by atoms with E-state index in [9.17, 15) is 16.8 Å². The SMILES string of the molecule is CNCC(C)S(=O)(=O)N1CCSCC1S(C)(=O)=O. The number of thioether (sulfide) groups is 1. The monoisotopic (exact) mass is 316 g/mol. The molecule has 1 fully saturated rings. The van der Waals surface area contributed by atoms with Gasteiger partial charge in [-0.05, 0) is 14.0 Å². The summed E-state index contributed by atoms with van der Waals surface area (Å²) in [6.45, 7) is 2.16. The van der Waals surface area contributed by atoms with E-state index in [1.807, 2.05) is 0 Å². The van der Waals surface area contributed by atoms with Crippen molar-refractivity contribution >= 4 is 31.6 Å². The average Bonchev–Trinajstić information content (AvgIpc) is 2.28. The third-order valence-corrected chi connectivity index (χ3v) is 7.91. The van der Waals surface area contributed by atoms with Crippen molar-refractivity contribution < 1.29 is 16.8 Å². The summed E-state index contributed by atoms with van der Waals surface area (Å²) in [5, 5.41) is 1.25. The number of nitrogens with one attached hydrogen (secondary N) is 1. The third-order valence-electron chi connectivity index (χ3n) is 2.86. The summed E-state index contributed by atoms with van der Waals surface area (Å²) in [6, 6.07) is 0.